The molecule has 1 rings (SSSR count). The van der Waals surface area contributed by atoms with E-state index in [0.717, 1.165) is 19.3 Å². The van der Waals surface area contributed by atoms with Gasteiger partial charge in [-0.15, -0.1) is 0 Å². The van der Waals surface area contributed by atoms with Gasteiger partial charge in [0.2, 0.25) is 0 Å². The normalized spacial score (nSPS) is 30.1. The Morgan fingerprint density at radius 2 is 2.18 bits per heavy atom. The summed E-state index contributed by atoms with van der Waals surface area (Å²) in [5.41, 5.74) is -0.177. The molecular weight excluding hydrogens is 240 g/mol. The zero-order valence-corrected chi connectivity index (χ0v) is 11.8. The van der Waals surface area contributed by atoms with Crippen molar-refractivity contribution in [2.45, 2.75) is 30.8 Å². The first kappa shape index (κ1) is 14.9. The molecule has 0 aromatic rings. The predicted octanol–water partition coefficient (Wildman–Crippen LogP) is -0.534. The average Bonchev–Trinajstić information content (AvgIpc) is 2.70. The second-order valence-electron chi connectivity index (χ2n) is 5.20. The van der Waals surface area contributed by atoms with Gasteiger partial charge in [-0.3, -0.25) is 0 Å². The SMILES string of the molecule is CNC1(CO)CCC(N(C)CCS(C)(=O)=O)C1. The summed E-state index contributed by atoms with van der Waals surface area (Å²) >= 11 is 0. The molecule has 1 saturated carbocycles. The van der Waals surface area contributed by atoms with Gasteiger partial charge in [-0.1, -0.05) is 0 Å². The van der Waals surface area contributed by atoms with Crippen LogP contribution in [-0.2, 0) is 9.84 Å². The Bertz CT molecular complexity index is 339. The first-order chi connectivity index (χ1) is 7.82. The molecule has 0 heterocycles. The lowest BCUT2D eigenvalue weighted by atomic mass is 9.99. The fourth-order valence-electron chi connectivity index (χ4n) is 2.42. The Balaban J connectivity index is 2.48. The Kier molecular flexibility index (Phi) is 4.95. The van der Waals surface area contributed by atoms with Crippen molar-refractivity contribution in [1.82, 2.24) is 10.2 Å². The molecule has 0 aromatic carbocycles. The topological polar surface area (TPSA) is 69.6 Å². The molecule has 5 nitrogen and oxygen atoms in total. The number of hydrogen-bond donors (Lipinski definition) is 2. The Hall–Kier alpha value is -0.170. The Morgan fingerprint density at radius 1 is 1.53 bits per heavy atom. The smallest absolute Gasteiger partial charge is 0.148 e. The fraction of sp³-hybridized carbons (Fsp3) is 1.00. The van der Waals surface area contributed by atoms with E-state index in [2.05, 4.69) is 10.2 Å². The maximum atomic E-state index is 11.1. The van der Waals surface area contributed by atoms with Crippen LogP contribution in [-0.4, -0.2) is 69.3 Å². The summed E-state index contributed by atoms with van der Waals surface area (Å²) in [7, 11) is 0.932. The van der Waals surface area contributed by atoms with Crippen LogP contribution >= 0.6 is 0 Å². The number of aliphatic hydroxyl groups is 1. The van der Waals surface area contributed by atoms with E-state index in [0.29, 0.717) is 12.6 Å². The number of aliphatic hydroxyl groups excluding tert-OH is 1. The molecule has 2 atom stereocenters. The summed E-state index contributed by atoms with van der Waals surface area (Å²) in [5.74, 6) is 0.200. The molecule has 1 aliphatic rings. The van der Waals surface area contributed by atoms with E-state index in [9.17, 15) is 13.5 Å². The molecule has 2 N–H and O–H groups in total. The number of likely N-dealkylation sites (N-methyl/N-ethyl adjacent to an activating group) is 1. The summed E-state index contributed by atoms with van der Waals surface area (Å²) < 4.78 is 22.2. The molecule has 0 aliphatic heterocycles. The number of rotatable bonds is 6. The summed E-state index contributed by atoms with van der Waals surface area (Å²) in [6, 6.07) is 0.358. The molecule has 0 saturated heterocycles. The van der Waals surface area contributed by atoms with E-state index < -0.39 is 9.84 Å². The van der Waals surface area contributed by atoms with Gasteiger partial charge in [0.15, 0.2) is 0 Å². The highest BCUT2D eigenvalue weighted by atomic mass is 32.2. The van der Waals surface area contributed by atoms with Crippen molar-refractivity contribution in [3.8, 4) is 0 Å². The van der Waals surface area contributed by atoms with Crippen molar-refractivity contribution in [3.63, 3.8) is 0 Å². The quantitative estimate of drug-likeness (QED) is 0.675. The highest BCUT2D eigenvalue weighted by molar-refractivity contribution is 7.90. The summed E-state index contributed by atoms with van der Waals surface area (Å²) in [6.07, 6.45) is 4.08. The Labute approximate surface area is 104 Å². The fourth-order valence-corrected chi connectivity index (χ4v) is 3.04. The number of hydrogen-bond acceptors (Lipinski definition) is 5. The minimum absolute atomic E-state index is 0.139. The monoisotopic (exact) mass is 264 g/mol. The molecule has 2 unspecified atom stereocenters. The van der Waals surface area contributed by atoms with E-state index in [1.807, 2.05) is 14.1 Å². The van der Waals surface area contributed by atoms with Crippen LogP contribution in [0.3, 0.4) is 0 Å². The van der Waals surface area contributed by atoms with Gasteiger partial charge in [-0.2, -0.15) is 0 Å². The second-order valence-corrected chi connectivity index (χ2v) is 7.46. The molecule has 1 fully saturated rings. The first-order valence-electron chi connectivity index (χ1n) is 6.00. The molecule has 1 aliphatic carbocycles. The van der Waals surface area contributed by atoms with Crippen LogP contribution < -0.4 is 5.32 Å². The minimum Gasteiger partial charge on any atom is -0.394 e. The van der Waals surface area contributed by atoms with Crippen molar-refractivity contribution < 1.29 is 13.5 Å². The van der Waals surface area contributed by atoms with Gasteiger partial charge in [0.05, 0.1) is 12.4 Å². The third-order valence-electron chi connectivity index (χ3n) is 3.85. The molecule has 6 heteroatoms. The van der Waals surface area contributed by atoms with E-state index in [1.165, 1.54) is 6.26 Å². The predicted molar refractivity (Wildman–Crippen MR) is 68.9 cm³/mol. The molecule has 0 radical (unpaired) electrons. The third-order valence-corrected chi connectivity index (χ3v) is 4.78. The molecule has 0 spiro atoms. The highest BCUT2D eigenvalue weighted by Gasteiger charge is 2.38. The minimum atomic E-state index is -2.90. The molecule has 0 bridgehead atoms. The van der Waals surface area contributed by atoms with E-state index in [-0.39, 0.29) is 17.9 Å². The lowest BCUT2D eigenvalue weighted by Crippen LogP contribution is -2.46. The van der Waals surface area contributed by atoms with Crippen LogP contribution in [0.15, 0.2) is 0 Å². The van der Waals surface area contributed by atoms with Crippen LogP contribution in [0.2, 0.25) is 0 Å². The lowest BCUT2D eigenvalue weighted by Gasteiger charge is -2.29. The number of sulfone groups is 1. The van der Waals surface area contributed by atoms with Gasteiger partial charge >= 0.3 is 0 Å². The first-order valence-corrected chi connectivity index (χ1v) is 8.06. The van der Waals surface area contributed by atoms with Crippen LogP contribution in [0.25, 0.3) is 0 Å². The van der Waals surface area contributed by atoms with Gasteiger partial charge in [0.1, 0.15) is 9.84 Å². The van der Waals surface area contributed by atoms with E-state index in [4.69, 9.17) is 0 Å². The standard InChI is InChI=1S/C11H24N2O3S/c1-12-11(9-14)5-4-10(8-11)13(2)6-7-17(3,15)16/h10,12,14H,4-9H2,1-3H3. The van der Waals surface area contributed by atoms with Gasteiger partial charge in [-0.25, -0.2) is 8.42 Å². The van der Waals surface area contributed by atoms with Crippen molar-refractivity contribution >= 4 is 9.84 Å². The summed E-state index contributed by atoms with van der Waals surface area (Å²) in [4.78, 5) is 2.09. The maximum absolute atomic E-state index is 11.1. The molecular formula is C11H24N2O3S. The molecule has 17 heavy (non-hydrogen) atoms. The van der Waals surface area contributed by atoms with Crippen molar-refractivity contribution in [1.29, 1.82) is 0 Å². The lowest BCUT2D eigenvalue weighted by molar-refractivity contribution is 0.159. The van der Waals surface area contributed by atoms with Crippen LogP contribution in [0.1, 0.15) is 19.3 Å². The molecule has 102 valence electrons. The number of nitrogens with zero attached hydrogens (tertiary/aromatic N) is 1. The summed E-state index contributed by atoms with van der Waals surface area (Å²) in [6.45, 7) is 0.703. The zero-order chi connectivity index (χ0) is 13.1. The largest absolute Gasteiger partial charge is 0.394 e. The second kappa shape index (κ2) is 5.65. The van der Waals surface area contributed by atoms with Gasteiger partial charge in [0, 0.05) is 24.4 Å². The van der Waals surface area contributed by atoms with Crippen molar-refractivity contribution in [2.24, 2.45) is 0 Å². The van der Waals surface area contributed by atoms with Gasteiger partial charge in [0.25, 0.3) is 0 Å². The zero-order valence-electron chi connectivity index (χ0n) is 10.9. The molecule has 0 amide bonds. The maximum Gasteiger partial charge on any atom is 0.148 e. The van der Waals surface area contributed by atoms with Crippen molar-refractivity contribution in [2.75, 3.05) is 39.3 Å². The van der Waals surface area contributed by atoms with E-state index in [1.54, 1.807) is 0 Å². The summed E-state index contributed by atoms with van der Waals surface area (Å²) in [5, 5.41) is 12.6. The van der Waals surface area contributed by atoms with Crippen LogP contribution in [0.5, 0.6) is 0 Å². The molecule has 0 aromatic heterocycles. The van der Waals surface area contributed by atoms with Crippen molar-refractivity contribution in [3.05, 3.63) is 0 Å². The Morgan fingerprint density at radius 3 is 2.59 bits per heavy atom. The number of nitrogens with one attached hydrogen (secondary N) is 1. The van der Waals surface area contributed by atoms with E-state index >= 15 is 0 Å². The van der Waals surface area contributed by atoms with Gasteiger partial charge < -0.3 is 15.3 Å². The highest BCUT2D eigenvalue weighted by Crippen LogP contribution is 2.31. The van der Waals surface area contributed by atoms with Crippen LogP contribution in [0.4, 0.5) is 0 Å². The van der Waals surface area contributed by atoms with Gasteiger partial charge in [-0.05, 0) is 33.4 Å². The average molecular weight is 264 g/mol. The third kappa shape index (κ3) is 4.21. The van der Waals surface area contributed by atoms with Crippen LogP contribution in [0, 0.1) is 0 Å².